The van der Waals surface area contributed by atoms with Crippen LogP contribution in [0, 0.1) is 0 Å². The molecule has 0 bridgehead atoms. The molecule has 0 N–H and O–H groups in total. The monoisotopic (exact) mass is 508 g/mol. The van der Waals surface area contributed by atoms with Crippen LogP contribution in [0.1, 0.15) is 26.7 Å². The predicted molar refractivity (Wildman–Crippen MR) is 142 cm³/mol. The highest BCUT2D eigenvalue weighted by molar-refractivity contribution is 9.10. The molecule has 1 saturated heterocycles. The SMILES string of the molecule is Brc1ccc2nc3c4ccccc4n4c3c(c2c1)N(CCCN1CCOCC1)CCC4.CC. The maximum Gasteiger partial charge on any atom is 0.0988 e. The number of halogens is 1. The van der Waals surface area contributed by atoms with Crippen LogP contribution < -0.4 is 4.90 Å². The Labute approximate surface area is 204 Å². The van der Waals surface area contributed by atoms with Crippen molar-refractivity contribution in [3.63, 3.8) is 0 Å². The summed E-state index contributed by atoms with van der Waals surface area (Å²) in [5.41, 5.74) is 6.18. The number of hydrogen-bond donors (Lipinski definition) is 0. The highest BCUT2D eigenvalue weighted by Gasteiger charge is 2.24. The third-order valence-electron chi connectivity index (χ3n) is 6.75. The number of benzene rings is 2. The molecular formula is C27H33BrN4O. The molecule has 0 aliphatic carbocycles. The van der Waals surface area contributed by atoms with Crippen molar-refractivity contribution >= 4 is 54.5 Å². The number of anilines is 1. The van der Waals surface area contributed by atoms with Gasteiger partial charge in [0.15, 0.2) is 0 Å². The van der Waals surface area contributed by atoms with Crippen LogP contribution in [0.5, 0.6) is 0 Å². The van der Waals surface area contributed by atoms with E-state index in [2.05, 4.69) is 72.8 Å². The molecule has 2 aromatic heterocycles. The van der Waals surface area contributed by atoms with Crippen molar-refractivity contribution < 1.29 is 4.74 Å². The minimum absolute atomic E-state index is 0.869. The van der Waals surface area contributed by atoms with Crippen molar-refractivity contribution in [1.29, 1.82) is 0 Å². The number of fused-ring (bicyclic) bond motifs is 5. The minimum Gasteiger partial charge on any atom is -0.379 e. The lowest BCUT2D eigenvalue weighted by Gasteiger charge is -2.29. The van der Waals surface area contributed by atoms with Gasteiger partial charge in [0.1, 0.15) is 0 Å². The molecule has 2 aromatic carbocycles. The highest BCUT2D eigenvalue weighted by atomic mass is 79.9. The molecule has 6 heteroatoms. The van der Waals surface area contributed by atoms with Crippen LogP contribution in [0.25, 0.3) is 32.8 Å². The second-order valence-corrected chi connectivity index (χ2v) is 9.55. The van der Waals surface area contributed by atoms with Crippen LogP contribution in [0.2, 0.25) is 0 Å². The summed E-state index contributed by atoms with van der Waals surface area (Å²) in [5, 5.41) is 2.51. The van der Waals surface area contributed by atoms with Crippen molar-refractivity contribution in [2.24, 2.45) is 0 Å². The number of aromatic nitrogens is 2. The number of nitrogens with zero attached hydrogens (tertiary/aromatic N) is 4. The molecule has 33 heavy (non-hydrogen) atoms. The molecule has 0 atom stereocenters. The molecule has 6 rings (SSSR count). The Kier molecular flexibility index (Phi) is 6.86. The van der Waals surface area contributed by atoms with Crippen molar-refractivity contribution in [2.75, 3.05) is 50.8 Å². The number of morpholine rings is 1. The number of aryl methyl sites for hydroxylation is 1. The van der Waals surface area contributed by atoms with Crippen LogP contribution >= 0.6 is 15.9 Å². The zero-order chi connectivity index (χ0) is 22.8. The lowest BCUT2D eigenvalue weighted by Crippen LogP contribution is -2.38. The summed E-state index contributed by atoms with van der Waals surface area (Å²) < 4.78 is 9.13. The third kappa shape index (κ3) is 4.25. The van der Waals surface area contributed by atoms with E-state index in [0.29, 0.717) is 0 Å². The van der Waals surface area contributed by atoms with E-state index in [1.54, 1.807) is 0 Å². The van der Waals surface area contributed by atoms with Crippen LogP contribution in [0.3, 0.4) is 0 Å². The average Bonchev–Trinajstić information content (AvgIpc) is 3.03. The zero-order valence-electron chi connectivity index (χ0n) is 19.7. The van der Waals surface area contributed by atoms with E-state index in [0.717, 1.165) is 74.4 Å². The van der Waals surface area contributed by atoms with E-state index in [9.17, 15) is 0 Å². The quantitative estimate of drug-likeness (QED) is 0.335. The van der Waals surface area contributed by atoms with Gasteiger partial charge in [-0.25, -0.2) is 4.98 Å². The van der Waals surface area contributed by atoms with Gasteiger partial charge in [-0.05, 0) is 37.1 Å². The van der Waals surface area contributed by atoms with E-state index in [-0.39, 0.29) is 0 Å². The fourth-order valence-electron chi connectivity index (χ4n) is 5.30. The second-order valence-electron chi connectivity index (χ2n) is 8.64. The number of pyridine rings is 1. The van der Waals surface area contributed by atoms with Crippen LogP contribution in [0.15, 0.2) is 46.9 Å². The Balaban J connectivity index is 0.00000111. The average molecular weight is 509 g/mol. The molecule has 4 heterocycles. The van der Waals surface area contributed by atoms with Gasteiger partial charge in [0, 0.05) is 54.5 Å². The van der Waals surface area contributed by atoms with Gasteiger partial charge < -0.3 is 14.2 Å². The molecule has 0 radical (unpaired) electrons. The van der Waals surface area contributed by atoms with Crippen molar-refractivity contribution in [1.82, 2.24) is 14.5 Å². The summed E-state index contributed by atoms with van der Waals surface area (Å²) in [7, 11) is 0. The normalized spacial score (nSPS) is 16.8. The lowest BCUT2D eigenvalue weighted by atomic mass is 10.1. The molecule has 0 amide bonds. The minimum atomic E-state index is 0.869. The first-order valence-electron chi connectivity index (χ1n) is 12.3. The molecule has 5 nitrogen and oxygen atoms in total. The van der Waals surface area contributed by atoms with Crippen LogP contribution in [-0.2, 0) is 11.3 Å². The van der Waals surface area contributed by atoms with Crippen molar-refractivity contribution in [2.45, 2.75) is 33.2 Å². The smallest absolute Gasteiger partial charge is 0.0988 e. The van der Waals surface area contributed by atoms with Gasteiger partial charge >= 0.3 is 0 Å². The molecular weight excluding hydrogens is 476 g/mol. The van der Waals surface area contributed by atoms with E-state index in [4.69, 9.17) is 9.72 Å². The van der Waals surface area contributed by atoms with Gasteiger partial charge in [-0.3, -0.25) is 4.90 Å². The molecule has 1 fully saturated rings. The maximum absolute atomic E-state index is 5.51. The Bertz CT molecular complexity index is 1260. The first-order chi connectivity index (χ1) is 16.3. The Morgan fingerprint density at radius 3 is 2.61 bits per heavy atom. The zero-order valence-corrected chi connectivity index (χ0v) is 21.3. The fraction of sp³-hybridized carbons (Fsp3) is 0.444. The van der Waals surface area contributed by atoms with Crippen molar-refractivity contribution in [3.05, 3.63) is 46.9 Å². The summed E-state index contributed by atoms with van der Waals surface area (Å²) in [6, 6.07) is 15.2. The first-order valence-corrected chi connectivity index (χ1v) is 13.1. The van der Waals surface area contributed by atoms with Gasteiger partial charge in [-0.1, -0.05) is 48.0 Å². The molecule has 4 aromatic rings. The van der Waals surface area contributed by atoms with E-state index >= 15 is 0 Å². The predicted octanol–water partition coefficient (Wildman–Crippen LogP) is 6.06. The summed E-state index contributed by atoms with van der Waals surface area (Å²) in [5.74, 6) is 0. The van der Waals surface area contributed by atoms with Crippen LogP contribution in [-0.4, -0.2) is 60.4 Å². The van der Waals surface area contributed by atoms with Crippen molar-refractivity contribution in [3.8, 4) is 0 Å². The van der Waals surface area contributed by atoms with Crippen LogP contribution in [0.4, 0.5) is 5.69 Å². The van der Waals surface area contributed by atoms with E-state index in [1.165, 1.54) is 33.9 Å². The maximum atomic E-state index is 5.51. The van der Waals surface area contributed by atoms with E-state index in [1.807, 2.05) is 13.8 Å². The third-order valence-corrected chi connectivity index (χ3v) is 7.24. The number of hydrogen-bond acceptors (Lipinski definition) is 4. The van der Waals surface area contributed by atoms with Gasteiger partial charge in [-0.2, -0.15) is 0 Å². The molecule has 0 spiro atoms. The summed E-state index contributed by atoms with van der Waals surface area (Å²) in [4.78, 5) is 10.3. The number of ether oxygens (including phenoxy) is 1. The standard InChI is InChI=1S/C25H27BrN4O.C2H6/c26-18-7-8-21-20(17-18)24-25-23(27-21)19-5-1-2-6-22(19)30(25)12-4-11-29(24)10-3-9-28-13-15-31-16-14-28;1-2/h1-2,5-8,17H,3-4,9-16H2;1-2H3. The van der Waals surface area contributed by atoms with Gasteiger partial charge in [0.05, 0.1) is 41.0 Å². The van der Waals surface area contributed by atoms with Gasteiger partial charge in [-0.15, -0.1) is 0 Å². The Morgan fingerprint density at radius 2 is 1.76 bits per heavy atom. The lowest BCUT2D eigenvalue weighted by molar-refractivity contribution is 0.0376. The fourth-order valence-corrected chi connectivity index (χ4v) is 5.66. The summed E-state index contributed by atoms with van der Waals surface area (Å²) >= 11 is 3.70. The first kappa shape index (κ1) is 22.6. The Hall–Kier alpha value is -2.15. The second kappa shape index (κ2) is 10.00. The molecule has 2 aliphatic rings. The largest absolute Gasteiger partial charge is 0.379 e. The highest BCUT2D eigenvalue weighted by Crippen LogP contribution is 2.41. The van der Waals surface area contributed by atoms with Gasteiger partial charge in [0.25, 0.3) is 0 Å². The molecule has 174 valence electrons. The molecule has 2 aliphatic heterocycles. The van der Waals surface area contributed by atoms with E-state index < -0.39 is 0 Å². The number of para-hydroxylation sites is 1. The summed E-state index contributed by atoms with van der Waals surface area (Å²) in [6.45, 7) is 12.2. The summed E-state index contributed by atoms with van der Waals surface area (Å²) in [6.07, 6.45) is 2.31. The Morgan fingerprint density at radius 1 is 0.939 bits per heavy atom. The number of rotatable bonds is 4. The topological polar surface area (TPSA) is 33.5 Å². The van der Waals surface area contributed by atoms with Gasteiger partial charge in [0.2, 0.25) is 0 Å². The molecule has 0 saturated carbocycles. The molecule has 0 unspecified atom stereocenters.